The third-order valence-electron chi connectivity index (χ3n) is 2.98. The Morgan fingerprint density at radius 2 is 2.21 bits per heavy atom. The van der Waals surface area contributed by atoms with Gasteiger partial charge in [-0.1, -0.05) is 0 Å². The van der Waals surface area contributed by atoms with Crippen LogP contribution in [0.3, 0.4) is 0 Å². The molecule has 19 heavy (non-hydrogen) atoms. The molecule has 0 bridgehead atoms. The van der Waals surface area contributed by atoms with Crippen LogP contribution in [0.5, 0.6) is 0 Å². The molecule has 1 N–H and O–H groups in total. The van der Waals surface area contributed by atoms with Gasteiger partial charge in [0, 0.05) is 24.2 Å². The quantitative estimate of drug-likeness (QED) is 0.661. The van der Waals surface area contributed by atoms with Gasteiger partial charge in [-0.05, 0) is 40.9 Å². The number of halogens is 1. The number of rotatable bonds is 5. The molecule has 1 saturated carbocycles. The molecule has 0 aliphatic heterocycles. The van der Waals surface area contributed by atoms with Gasteiger partial charge in [0.15, 0.2) is 0 Å². The fourth-order valence-electron chi connectivity index (χ4n) is 1.90. The lowest BCUT2D eigenvalue weighted by Gasteiger charge is -2.21. The molecule has 0 radical (unpaired) electrons. The van der Waals surface area contributed by atoms with Crippen molar-refractivity contribution in [3.63, 3.8) is 0 Å². The molecule has 1 amide bonds. The van der Waals surface area contributed by atoms with Gasteiger partial charge in [0.2, 0.25) is 0 Å². The zero-order valence-electron chi connectivity index (χ0n) is 10.1. The van der Waals surface area contributed by atoms with Crippen LogP contribution < -0.4 is 0 Å². The minimum Gasteiger partial charge on any atom is -0.395 e. The third-order valence-corrected chi connectivity index (χ3v) is 3.65. The van der Waals surface area contributed by atoms with Crippen molar-refractivity contribution in [3.8, 4) is 0 Å². The molecular weight excluding hydrogens is 316 g/mol. The molecule has 2 rings (SSSR count). The van der Waals surface area contributed by atoms with Gasteiger partial charge in [-0.2, -0.15) is 0 Å². The first-order chi connectivity index (χ1) is 9.04. The molecule has 1 aliphatic carbocycles. The number of nitro benzene ring substituents is 1. The fraction of sp³-hybridized carbons (Fsp3) is 0.417. The van der Waals surface area contributed by atoms with Gasteiger partial charge in [-0.15, -0.1) is 0 Å². The number of carbonyl (C=O) groups excluding carboxylic acids is 1. The molecule has 1 aromatic rings. The second kappa shape index (κ2) is 5.66. The Morgan fingerprint density at radius 3 is 2.74 bits per heavy atom. The van der Waals surface area contributed by atoms with Gasteiger partial charge >= 0.3 is 0 Å². The van der Waals surface area contributed by atoms with E-state index in [1.54, 1.807) is 11.0 Å². The van der Waals surface area contributed by atoms with Crippen LogP contribution in [-0.2, 0) is 0 Å². The number of hydrogen-bond acceptors (Lipinski definition) is 4. The van der Waals surface area contributed by atoms with Gasteiger partial charge in [-0.25, -0.2) is 0 Å². The molecule has 0 aromatic heterocycles. The zero-order valence-corrected chi connectivity index (χ0v) is 11.7. The summed E-state index contributed by atoms with van der Waals surface area (Å²) in [6, 6.07) is 4.46. The van der Waals surface area contributed by atoms with Gasteiger partial charge < -0.3 is 10.0 Å². The van der Waals surface area contributed by atoms with Crippen molar-refractivity contribution in [1.29, 1.82) is 0 Å². The first kappa shape index (κ1) is 14.0. The van der Waals surface area contributed by atoms with E-state index in [4.69, 9.17) is 5.11 Å². The van der Waals surface area contributed by atoms with E-state index in [-0.39, 0.29) is 36.4 Å². The molecule has 7 heteroatoms. The van der Waals surface area contributed by atoms with Crippen molar-refractivity contribution >= 4 is 27.5 Å². The lowest BCUT2D eigenvalue weighted by Crippen LogP contribution is -2.35. The van der Waals surface area contributed by atoms with Crippen molar-refractivity contribution in [3.05, 3.63) is 38.3 Å². The molecule has 0 heterocycles. The van der Waals surface area contributed by atoms with E-state index in [0.29, 0.717) is 4.47 Å². The minimum absolute atomic E-state index is 0.110. The Hall–Kier alpha value is -1.47. The normalized spacial score (nSPS) is 14.2. The first-order valence-corrected chi connectivity index (χ1v) is 6.69. The summed E-state index contributed by atoms with van der Waals surface area (Å²) in [5.41, 5.74) is 0.140. The van der Waals surface area contributed by atoms with Crippen LogP contribution in [-0.4, -0.2) is 40.0 Å². The summed E-state index contributed by atoms with van der Waals surface area (Å²) in [4.78, 5) is 24.2. The highest BCUT2D eigenvalue weighted by atomic mass is 79.9. The van der Waals surface area contributed by atoms with Gasteiger partial charge in [0.1, 0.15) is 0 Å². The summed E-state index contributed by atoms with van der Waals surface area (Å²) in [5.74, 6) is -0.271. The molecule has 1 aromatic carbocycles. The Balaban J connectivity index is 2.27. The standard InChI is InChI=1S/C12H13BrN2O4/c13-10-4-1-8(7-11(10)15(18)19)12(17)14(5-6-16)9-2-3-9/h1,4,7,9,16H,2-3,5-6H2. The SMILES string of the molecule is O=C(c1ccc(Br)c([N+](=O)[O-])c1)N(CCO)C1CC1. The Bertz CT molecular complexity index is 516. The fourth-order valence-corrected chi connectivity index (χ4v) is 2.29. The number of aliphatic hydroxyl groups is 1. The number of aliphatic hydroxyl groups excluding tert-OH is 1. The molecular formula is C12H13BrN2O4. The van der Waals surface area contributed by atoms with E-state index in [2.05, 4.69) is 15.9 Å². The Labute approximate surface area is 118 Å². The maximum absolute atomic E-state index is 12.3. The smallest absolute Gasteiger partial charge is 0.284 e. The summed E-state index contributed by atoms with van der Waals surface area (Å²) < 4.78 is 0.342. The maximum atomic E-state index is 12.3. The average Bonchev–Trinajstić information content (AvgIpc) is 3.19. The second-order valence-corrected chi connectivity index (χ2v) is 5.23. The van der Waals surface area contributed by atoms with Crippen LogP contribution >= 0.6 is 15.9 Å². The molecule has 0 spiro atoms. The van der Waals surface area contributed by atoms with Crippen molar-refractivity contribution in [1.82, 2.24) is 4.90 Å². The van der Waals surface area contributed by atoms with Gasteiger partial charge in [0.05, 0.1) is 16.0 Å². The molecule has 0 atom stereocenters. The number of nitro groups is 1. The Morgan fingerprint density at radius 1 is 1.53 bits per heavy atom. The predicted molar refractivity (Wildman–Crippen MR) is 71.9 cm³/mol. The van der Waals surface area contributed by atoms with Crippen molar-refractivity contribution in [2.24, 2.45) is 0 Å². The molecule has 6 nitrogen and oxygen atoms in total. The van der Waals surface area contributed by atoms with Crippen LogP contribution in [0.1, 0.15) is 23.2 Å². The van der Waals surface area contributed by atoms with Crippen LogP contribution in [0, 0.1) is 10.1 Å². The topological polar surface area (TPSA) is 83.7 Å². The molecule has 0 saturated heterocycles. The van der Waals surface area contributed by atoms with Crippen molar-refractivity contribution < 1.29 is 14.8 Å². The summed E-state index contributed by atoms with van der Waals surface area (Å²) in [6.45, 7) is 0.147. The summed E-state index contributed by atoms with van der Waals surface area (Å²) in [7, 11) is 0. The lowest BCUT2D eigenvalue weighted by atomic mass is 10.1. The Kier molecular flexibility index (Phi) is 4.16. The van der Waals surface area contributed by atoms with E-state index < -0.39 is 4.92 Å². The van der Waals surface area contributed by atoms with E-state index in [0.717, 1.165) is 12.8 Å². The number of amides is 1. The van der Waals surface area contributed by atoms with Crippen LogP contribution in [0.15, 0.2) is 22.7 Å². The minimum atomic E-state index is -0.533. The molecule has 102 valence electrons. The molecule has 1 fully saturated rings. The monoisotopic (exact) mass is 328 g/mol. The van der Waals surface area contributed by atoms with Gasteiger partial charge in [0.25, 0.3) is 11.6 Å². The molecule has 0 unspecified atom stereocenters. The summed E-state index contributed by atoms with van der Waals surface area (Å²) >= 11 is 3.08. The number of benzene rings is 1. The van der Waals surface area contributed by atoms with E-state index in [1.165, 1.54) is 12.1 Å². The predicted octanol–water partition coefficient (Wildman–Crippen LogP) is 1.95. The number of nitrogens with zero attached hydrogens (tertiary/aromatic N) is 2. The highest BCUT2D eigenvalue weighted by Gasteiger charge is 2.33. The summed E-state index contributed by atoms with van der Waals surface area (Å²) in [6.07, 6.45) is 1.84. The van der Waals surface area contributed by atoms with Crippen molar-refractivity contribution in [2.45, 2.75) is 18.9 Å². The van der Waals surface area contributed by atoms with Crippen LogP contribution in [0.4, 0.5) is 5.69 Å². The average molecular weight is 329 g/mol. The number of carbonyl (C=O) groups is 1. The zero-order chi connectivity index (χ0) is 14.0. The highest BCUT2D eigenvalue weighted by molar-refractivity contribution is 9.10. The largest absolute Gasteiger partial charge is 0.395 e. The summed E-state index contributed by atoms with van der Waals surface area (Å²) in [5, 5.41) is 19.8. The van der Waals surface area contributed by atoms with Gasteiger partial charge in [-0.3, -0.25) is 14.9 Å². The van der Waals surface area contributed by atoms with E-state index >= 15 is 0 Å². The van der Waals surface area contributed by atoms with E-state index in [9.17, 15) is 14.9 Å². The third kappa shape index (κ3) is 3.10. The molecule has 1 aliphatic rings. The second-order valence-electron chi connectivity index (χ2n) is 4.38. The number of hydrogen-bond donors (Lipinski definition) is 1. The van der Waals surface area contributed by atoms with Crippen molar-refractivity contribution in [2.75, 3.05) is 13.2 Å². The van der Waals surface area contributed by atoms with Crippen LogP contribution in [0.2, 0.25) is 0 Å². The highest BCUT2D eigenvalue weighted by Crippen LogP contribution is 2.30. The van der Waals surface area contributed by atoms with E-state index in [1.807, 2.05) is 0 Å². The lowest BCUT2D eigenvalue weighted by molar-refractivity contribution is -0.385. The first-order valence-electron chi connectivity index (χ1n) is 5.90. The maximum Gasteiger partial charge on any atom is 0.284 e. The van der Waals surface area contributed by atoms with Crippen LogP contribution in [0.25, 0.3) is 0 Å².